The number of nitrogens with zero attached hydrogens (tertiary/aromatic N) is 6. The molecule has 0 atom stereocenters. The van der Waals surface area contributed by atoms with Crippen LogP contribution >= 0.6 is 0 Å². The third-order valence-electron chi connectivity index (χ3n) is 11.3. The van der Waals surface area contributed by atoms with Gasteiger partial charge in [-0.1, -0.05) is 149 Å². The van der Waals surface area contributed by atoms with Crippen molar-refractivity contribution in [3.63, 3.8) is 0 Å². The van der Waals surface area contributed by atoms with Gasteiger partial charge >= 0.3 is 5.84 Å². The molecule has 0 saturated carbocycles. The monoisotopic (exact) mass is 800 g/mol. The standard InChI is InChI=1S/C51H44N6O2Si/c1-51(2,3)36-27-34(26-35(28-36)41-30-44-46(31-52-41)59-50-54-48(55-57(44)50)33-18-11-8-12-19-33)38-21-15-22-43-47(38)53-49(39-20-13-14-23-45(39)58)56(43)42-25-24-37(60(4,5)6)29-40(42)32-16-9-7-10-17-32/h7-31,58H,1-6H3. The Morgan fingerprint density at radius 3 is 2.05 bits per heavy atom. The van der Waals surface area contributed by atoms with Gasteiger partial charge in [-0.25, -0.2) is 4.98 Å². The van der Waals surface area contributed by atoms with Crippen LogP contribution in [0.2, 0.25) is 19.6 Å². The summed E-state index contributed by atoms with van der Waals surface area (Å²) in [5.41, 5.74) is 12.7. The first kappa shape index (κ1) is 37.2. The fourth-order valence-electron chi connectivity index (χ4n) is 7.99. The maximum absolute atomic E-state index is 11.4. The Bertz CT molecular complexity index is 3240. The number of rotatable bonds is 7. The third kappa shape index (κ3) is 6.47. The normalized spacial score (nSPS) is 12.2. The molecular weight excluding hydrogens is 757 g/mol. The fourth-order valence-corrected chi connectivity index (χ4v) is 9.15. The summed E-state index contributed by atoms with van der Waals surface area (Å²) in [6.07, 6.45) is 1.76. The number of para-hydroxylation sites is 2. The van der Waals surface area contributed by atoms with Crippen LogP contribution in [0.25, 0.3) is 90.0 Å². The van der Waals surface area contributed by atoms with E-state index in [0.29, 0.717) is 28.6 Å². The maximum Gasteiger partial charge on any atom is 0.326 e. The zero-order valence-corrected chi connectivity index (χ0v) is 35.5. The number of benzene rings is 6. The molecule has 0 bridgehead atoms. The topological polar surface area (TPSA) is 94.3 Å². The Kier molecular flexibility index (Phi) is 8.69. The zero-order valence-electron chi connectivity index (χ0n) is 34.5. The van der Waals surface area contributed by atoms with Gasteiger partial charge in [-0.15, -0.1) is 5.10 Å². The Hall–Kier alpha value is -7.10. The molecule has 10 aromatic rings. The molecule has 0 fully saturated rings. The molecule has 0 radical (unpaired) electrons. The summed E-state index contributed by atoms with van der Waals surface area (Å²) in [6.45, 7) is 13.8. The minimum absolute atomic E-state index is 0.172. The van der Waals surface area contributed by atoms with E-state index < -0.39 is 8.07 Å². The first-order valence-corrected chi connectivity index (χ1v) is 23.8. The van der Waals surface area contributed by atoms with E-state index in [1.807, 2.05) is 54.6 Å². The van der Waals surface area contributed by atoms with E-state index in [-0.39, 0.29) is 11.2 Å². The van der Waals surface area contributed by atoms with Crippen molar-refractivity contribution in [3.8, 4) is 67.7 Å². The molecule has 1 N–H and O–H groups in total. The Morgan fingerprint density at radius 1 is 0.617 bits per heavy atom. The summed E-state index contributed by atoms with van der Waals surface area (Å²) in [5, 5.41) is 17.6. The Labute approximate surface area is 349 Å². The molecule has 8 nitrogen and oxygen atoms in total. The van der Waals surface area contributed by atoms with Crippen LogP contribution in [0.5, 0.6) is 5.75 Å². The average molecular weight is 801 g/mol. The molecule has 9 heteroatoms. The van der Waals surface area contributed by atoms with E-state index in [4.69, 9.17) is 19.5 Å². The molecule has 0 unspecified atom stereocenters. The van der Waals surface area contributed by atoms with Crippen LogP contribution < -0.4 is 5.19 Å². The number of hydrogen-bond acceptors (Lipinski definition) is 6. The van der Waals surface area contributed by atoms with Gasteiger partial charge in [0.2, 0.25) is 0 Å². The molecule has 4 heterocycles. The molecular formula is C51H44N6O2Si. The van der Waals surface area contributed by atoms with Gasteiger partial charge in [0, 0.05) is 22.3 Å². The van der Waals surface area contributed by atoms with Gasteiger partial charge in [-0.2, -0.15) is 9.50 Å². The first-order chi connectivity index (χ1) is 28.9. The lowest BCUT2D eigenvalue weighted by Crippen LogP contribution is -2.37. The van der Waals surface area contributed by atoms with Gasteiger partial charge in [0.25, 0.3) is 0 Å². The highest BCUT2D eigenvalue weighted by Gasteiger charge is 2.25. The molecule has 4 aromatic heterocycles. The van der Waals surface area contributed by atoms with Gasteiger partial charge in [0.05, 0.1) is 42.2 Å². The Morgan fingerprint density at radius 2 is 1.32 bits per heavy atom. The average Bonchev–Trinajstić information content (AvgIpc) is 3.95. The number of fused-ring (bicyclic) bond motifs is 4. The molecule has 0 spiro atoms. The van der Waals surface area contributed by atoms with Crippen molar-refractivity contribution in [2.75, 3.05) is 0 Å². The number of aromatic hydroxyl groups is 1. The molecule has 10 rings (SSSR count). The van der Waals surface area contributed by atoms with Crippen LogP contribution in [0.15, 0.2) is 156 Å². The summed E-state index contributed by atoms with van der Waals surface area (Å²) in [7, 11) is -1.67. The number of imidazole rings is 1. The van der Waals surface area contributed by atoms with E-state index in [2.05, 4.69) is 135 Å². The van der Waals surface area contributed by atoms with E-state index in [1.54, 1.807) is 16.8 Å². The smallest absolute Gasteiger partial charge is 0.326 e. The van der Waals surface area contributed by atoms with Gasteiger partial charge in [0.1, 0.15) is 17.1 Å². The second-order valence-corrected chi connectivity index (χ2v) is 22.6. The summed E-state index contributed by atoms with van der Waals surface area (Å²) in [5.74, 6) is 1.86. The molecule has 0 aliphatic rings. The van der Waals surface area contributed by atoms with E-state index in [0.717, 1.165) is 66.9 Å². The summed E-state index contributed by atoms with van der Waals surface area (Å²) >= 11 is 0. The number of pyridine rings is 1. The quantitative estimate of drug-likeness (QED) is 0.161. The third-order valence-corrected chi connectivity index (χ3v) is 13.4. The van der Waals surface area contributed by atoms with Gasteiger partial charge in [-0.3, -0.25) is 9.55 Å². The molecule has 294 valence electrons. The first-order valence-electron chi connectivity index (χ1n) is 20.3. The van der Waals surface area contributed by atoms with Crippen molar-refractivity contribution in [1.82, 2.24) is 29.1 Å². The predicted molar refractivity (Wildman–Crippen MR) is 246 cm³/mol. The second-order valence-electron chi connectivity index (χ2n) is 17.5. The van der Waals surface area contributed by atoms with Crippen LogP contribution in [-0.2, 0) is 5.41 Å². The molecule has 0 saturated heterocycles. The summed E-state index contributed by atoms with van der Waals surface area (Å²) < 4.78 is 10.1. The van der Waals surface area contributed by atoms with E-state index >= 15 is 0 Å². The minimum Gasteiger partial charge on any atom is -0.507 e. The van der Waals surface area contributed by atoms with Gasteiger partial charge in [0.15, 0.2) is 11.4 Å². The van der Waals surface area contributed by atoms with Crippen molar-refractivity contribution in [2.45, 2.75) is 45.8 Å². The van der Waals surface area contributed by atoms with Crippen molar-refractivity contribution >= 4 is 41.2 Å². The van der Waals surface area contributed by atoms with Crippen LogP contribution in [-0.4, -0.2) is 42.3 Å². The lowest BCUT2D eigenvalue weighted by Gasteiger charge is -2.22. The number of phenols is 1. The van der Waals surface area contributed by atoms with Crippen LogP contribution in [0.1, 0.15) is 26.3 Å². The van der Waals surface area contributed by atoms with Crippen molar-refractivity contribution in [3.05, 3.63) is 157 Å². The van der Waals surface area contributed by atoms with Crippen LogP contribution in [0, 0.1) is 0 Å². The minimum atomic E-state index is -1.67. The SMILES string of the molecule is CC(C)(C)c1cc(-c2cc3c(cn2)oc2nc(-c4ccccc4)nn23)cc(-c2cccc3c2nc(-c2ccccc2O)n3-c2ccc([Si](C)(C)C)cc2-c2ccccc2)c1. The number of phenolic OH excluding ortho intramolecular Hbond substituents is 1. The highest BCUT2D eigenvalue weighted by atomic mass is 28.3. The Balaban J connectivity index is 1.19. The van der Waals surface area contributed by atoms with Gasteiger partial charge < -0.3 is 9.52 Å². The van der Waals surface area contributed by atoms with Crippen LogP contribution in [0.4, 0.5) is 0 Å². The fraction of sp³-hybridized carbons (Fsp3) is 0.137. The van der Waals surface area contributed by atoms with E-state index in [1.165, 1.54) is 5.19 Å². The summed E-state index contributed by atoms with van der Waals surface area (Å²) in [6, 6.07) is 49.9. The highest BCUT2D eigenvalue weighted by Crippen LogP contribution is 2.41. The second kappa shape index (κ2) is 14.0. The van der Waals surface area contributed by atoms with E-state index in [9.17, 15) is 5.11 Å². The van der Waals surface area contributed by atoms with Crippen molar-refractivity contribution in [1.29, 1.82) is 0 Å². The highest BCUT2D eigenvalue weighted by molar-refractivity contribution is 6.88. The molecule has 60 heavy (non-hydrogen) atoms. The predicted octanol–water partition coefficient (Wildman–Crippen LogP) is 12.1. The lowest BCUT2D eigenvalue weighted by molar-refractivity contribution is 0.477. The van der Waals surface area contributed by atoms with Gasteiger partial charge in [-0.05, 0) is 64.6 Å². The summed E-state index contributed by atoms with van der Waals surface area (Å²) in [4.78, 5) is 15.1. The van der Waals surface area contributed by atoms with Crippen molar-refractivity contribution in [2.24, 2.45) is 0 Å². The zero-order chi connectivity index (χ0) is 41.3. The lowest BCUT2D eigenvalue weighted by atomic mass is 9.83. The largest absolute Gasteiger partial charge is 0.507 e. The molecule has 0 amide bonds. The maximum atomic E-state index is 11.4. The van der Waals surface area contributed by atoms with Crippen LogP contribution in [0.3, 0.4) is 0 Å². The number of aromatic nitrogens is 6. The number of hydrogen-bond donors (Lipinski definition) is 1. The number of oxazole rings is 1. The van der Waals surface area contributed by atoms with Crippen molar-refractivity contribution < 1.29 is 9.52 Å². The molecule has 0 aliphatic carbocycles. The molecule has 0 aliphatic heterocycles. The molecule has 6 aromatic carbocycles.